The summed E-state index contributed by atoms with van der Waals surface area (Å²) in [6, 6.07) is 4.55. The second kappa shape index (κ2) is 11.5. The lowest BCUT2D eigenvalue weighted by Crippen LogP contribution is -2.40. The van der Waals surface area contributed by atoms with Gasteiger partial charge in [-0.1, -0.05) is 6.07 Å². The molecule has 0 radical (unpaired) electrons. The van der Waals surface area contributed by atoms with E-state index in [0.29, 0.717) is 43.2 Å². The monoisotopic (exact) mass is 544 g/mol. The number of hydrogen-bond acceptors (Lipinski definition) is 4. The number of benzene rings is 1. The van der Waals surface area contributed by atoms with Crippen LogP contribution in [0.25, 0.3) is 0 Å². The first-order valence-corrected chi connectivity index (χ1v) is 10.6. The minimum Gasteiger partial charge on any atom is -0.378 e. The third-order valence-corrected chi connectivity index (χ3v) is 6.36. The van der Waals surface area contributed by atoms with Crippen LogP contribution in [0.3, 0.4) is 0 Å². The number of nitrogens with one attached hydrogen (secondary N) is 2. The Morgan fingerprint density at radius 2 is 2.03 bits per heavy atom. The van der Waals surface area contributed by atoms with Gasteiger partial charge in [0, 0.05) is 44.2 Å². The Labute approximate surface area is 191 Å². The van der Waals surface area contributed by atoms with Gasteiger partial charge in [-0.3, -0.25) is 4.99 Å². The average Bonchev–Trinajstić information content (AvgIpc) is 3.22. The zero-order valence-corrected chi connectivity index (χ0v) is 19.6. The van der Waals surface area contributed by atoms with Gasteiger partial charge in [0.15, 0.2) is 5.96 Å². The Bertz CT molecular complexity index is 678. The summed E-state index contributed by atoms with van der Waals surface area (Å²) in [6.45, 7) is 3.11. The van der Waals surface area contributed by atoms with Gasteiger partial charge in [0.25, 0.3) is 0 Å². The molecular weight excluding hydrogens is 516 g/mol. The van der Waals surface area contributed by atoms with Crippen LogP contribution in [0.1, 0.15) is 24.0 Å². The highest BCUT2D eigenvalue weighted by molar-refractivity contribution is 14.0. The molecule has 164 valence electrons. The van der Waals surface area contributed by atoms with Crippen LogP contribution in [0.2, 0.25) is 0 Å². The predicted molar refractivity (Wildman–Crippen MR) is 124 cm³/mol. The van der Waals surface area contributed by atoms with Crippen molar-refractivity contribution >= 4 is 47.4 Å². The first-order chi connectivity index (χ1) is 13.5. The summed E-state index contributed by atoms with van der Waals surface area (Å²) < 4.78 is 46.2. The van der Waals surface area contributed by atoms with E-state index in [2.05, 4.69) is 15.6 Å². The SMILES string of the molecule is CN=C(NCc1ccc(N2CCOCC2)cc1C(F)(F)F)NCC1CCCS1.I. The number of alkyl halides is 3. The van der Waals surface area contributed by atoms with E-state index in [1.54, 1.807) is 19.2 Å². The first kappa shape index (κ1) is 24.4. The van der Waals surface area contributed by atoms with Gasteiger partial charge in [-0.15, -0.1) is 24.0 Å². The molecule has 0 bridgehead atoms. The van der Waals surface area contributed by atoms with Crippen LogP contribution < -0.4 is 15.5 Å². The standard InChI is InChI=1S/C19H27F3N4OS.HI/c1-23-18(25-13-16-3-2-10-28-16)24-12-14-4-5-15(11-17(14)19(20,21)22)26-6-8-27-9-7-26;/h4-5,11,16H,2-3,6-10,12-13H2,1H3,(H2,23,24,25);1H. The van der Waals surface area contributed by atoms with Gasteiger partial charge < -0.3 is 20.3 Å². The summed E-state index contributed by atoms with van der Waals surface area (Å²) in [4.78, 5) is 6.06. The Kier molecular flexibility index (Phi) is 9.67. The lowest BCUT2D eigenvalue weighted by atomic mass is 10.0. The second-order valence-electron chi connectivity index (χ2n) is 6.88. The Morgan fingerprint density at radius 1 is 1.28 bits per heavy atom. The van der Waals surface area contributed by atoms with Gasteiger partial charge in [0.2, 0.25) is 0 Å². The number of morpholine rings is 1. The summed E-state index contributed by atoms with van der Waals surface area (Å²) in [5.74, 6) is 1.70. The van der Waals surface area contributed by atoms with Crippen LogP contribution in [0.5, 0.6) is 0 Å². The van der Waals surface area contributed by atoms with Crippen LogP contribution in [-0.4, -0.2) is 56.9 Å². The van der Waals surface area contributed by atoms with Gasteiger partial charge in [-0.2, -0.15) is 24.9 Å². The van der Waals surface area contributed by atoms with Gasteiger partial charge in [0.1, 0.15) is 0 Å². The van der Waals surface area contributed by atoms with E-state index in [4.69, 9.17) is 4.74 Å². The zero-order valence-electron chi connectivity index (χ0n) is 16.4. The Balaban J connectivity index is 0.00000300. The Morgan fingerprint density at radius 3 is 2.66 bits per heavy atom. The van der Waals surface area contributed by atoms with Crippen molar-refractivity contribution in [2.24, 2.45) is 4.99 Å². The molecule has 2 N–H and O–H groups in total. The number of anilines is 1. The fourth-order valence-electron chi connectivity index (χ4n) is 3.42. The maximum Gasteiger partial charge on any atom is 0.416 e. The zero-order chi connectivity index (χ0) is 20.0. The van der Waals surface area contributed by atoms with Crippen LogP contribution in [0.4, 0.5) is 18.9 Å². The van der Waals surface area contributed by atoms with E-state index < -0.39 is 11.7 Å². The number of halogens is 4. The van der Waals surface area contributed by atoms with E-state index in [-0.39, 0.29) is 36.1 Å². The Hall–Kier alpha value is -0.880. The molecule has 1 aromatic rings. The fraction of sp³-hybridized carbons (Fsp3) is 0.632. The molecule has 3 rings (SSSR count). The molecule has 0 aromatic heterocycles. The summed E-state index contributed by atoms with van der Waals surface area (Å²) in [5.41, 5.74) is 0.189. The van der Waals surface area contributed by atoms with Crippen molar-refractivity contribution in [3.8, 4) is 0 Å². The molecule has 2 aliphatic heterocycles. The van der Waals surface area contributed by atoms with E-state index in [1.807, 2.05) is 16.7 Å². The number of thioether (sulfide) groups is 1. The molecule has 0 saturated carbocycles. The van der Waals surface area contributed by atoms with Crippen molar-refractivity contribution in [1.82, 2.24) is 10.6 Å². The molecule has 5 nitrogen and oxygen atoms in total. The normalized spacial score (nSPS) is 20.3. The minimum atomic E-state index is -4.41. The summed E-state index contributed by atoms with van der Waals surface area (Å²) in [5, 5.41) is 6.77. The van der Waals surface area contributed by atoms with Crippen molar-refractivity contribution in [3.05, 3.63) is 29.3 Å². The third kappa shape index (κ3) is 7.09. The van der Waals surface area contributed by atoms with Crippen molar-refractivity contribution in [3.63, 3.8) is 0 Å². The van der Waals surface area contributed by atoms with Crippen molar-refractivity contribution < 1.29 is 17.9 Å². The summed E-state index contributed by atoms with van der Waals surface area (Å²) >= 11 is 1.92. The van der Waals surface area contributed by atoms with Crippen LogP contribution >= 0.6 is 35.7 Å². The highest BCUT2D eigenvalue weighted by Gasteiger charge is 2.34. The molecule has 2 aliphatic rings. The van der Waals surface area contributed by atoms with E-state index >= 15 is 0 Å². The minimum absolute atomic E-state index is 0. The number of nitrogens with zero attached hydrogens (tertiary/aromatic N) is 2. The molecule has 0 aliphatic carbocycles. The maximum absolute atomic E-state index is 13.6. The van der Waals surface area contributed by atoms with E-state index in [0.717, 1.165) is 13.0 Å². The number of ether oxygens (including phenoxy) is 1. The average molecular weight is 544 g/mol. The molecule has 2 fully saturated rings. The van der Waals surface area contributed by atoms with Gasteiger partial charge in [-0.05, 0) is 36.3 Å². The molecule has 0 amide bonds. The molecule has 29 heavy (non-hydrogen) atoms. The molecule has 1 atom stereocenters. The van der Waals surface area contributed by atoms with Crippen molar-refractivity contribution in [2.75, 3.05) is 50.5 Å². The topological polar surface area (TPSA) is 48.9 Å². The predicted octanol–water partition coefficient (Wildman–Crippen LogP) is 3.72. The lowest BCUT2D eigenvalue weighted by Gasteiger charge is -2.29. The molecule has 10 heteroatoms. The molecule has 0 spiro atoms. The summed E-state index contributed by atoms with van der Waals surface area (Å²) in [7, 11) is 1.63. The molecule has 1 aromatic carbocycles. The molecule has 2 saturated heterocycles. The van der Waals surface area contributed by atoms with Crippen LogP contribution in [0, 0.1) is 0 Å². The summed E-state index contributed by atoms with van der Waals surface area (Å²) in [6.07, 6.45) is -2.03. The number of guanidine groups is 1. The number of aliphatic imine (C=N–C) groups is 1. The second-order valence-corrected chi connectivity index (χ2v) is 8.29. The number of rotatable bonds is 5. The number of hydrogen-bond donors (Lipinski definition) is 2. The fourth-order valence-corrected chi connectivity index (χ4v) is 4.62. The quantitative estimate of drug-likeness (QED) is 0.337. The smallest absolute Gasteiger partial charge is 0.378 e. The third-order valence-electron chi connectivity index (χ3n) is 4.97. The maximum atomic E-state index is 13.6. The first-order valence-electron chi connectivity index (χ1n) is 9.56. The van der Waals surface area contributed by atoms with Crippen molar-refractivity contribution in [2.45, 2.75) is 30.8 Å². The van der Waals surface area contributed by atoms with Crippen molar-refractivity contribution in [1.29, 1.82) is 0 Å². The van der Waals surface area contributed by atoms with E-state index in [9.17, 15) is 13.2 Å². The lowest BCUT2D eigenvalue weighted by molar-refractivity contribution is -0.138. The molecule has 2 heterocycles. The highest BCUT2D eigenvalue weighted by Crippen LogP contribution is 2.35. The van der Waals surface area contributed by atoms with Gasteiger partial charge in [0.05, 0.1) is 18.8 Å². The van der Waals surface area contributed by atoms with Gasteiger partial charge >= 0.3 is 6.18 Å². The van der Waals surface area contributed by atoms with Crippen LogP contribution in [-0.2, 0) is 17.5 Å². The largest absolute Gasteiger partial charge is 0.416 e. The molecule has 1 unspecified atom stereocenters. The van der Waals surface area contributed by atoms with Gasteiger partial charge in [-0.25, -0.2) is 0 Å². The molecular formula is C19H28F3IN4OS. The van der Waals surface area contributed by atoms with Crippen LogP contribution in [0.15, 0.2) is 23.2 Å². The highest BCUT2D eigenvalue weighted by atomic mass is 127. The van der Waals surface area contributed by atoms with E-state index in [1.165, 1.54) is 18.2 Å².